The van der Waals surface area contributed by atoms with E-state index in [0.29, 0.717) is 12.6 Å². The zero-order valence-electron chi connectivity index (χ0n) is 9.73. The van der Waals surface area contributed by atoms with Gasteiger partial charge in [-0.2, -0.15) is 0 Å². The van der Waals surface area contributed by atoms with Crippen LogP contribution in [-0.4, -0.2) is 25.0 Å². The Hall–Kier alpha value is -0.570. The number of hydrogen-bond donors (Lipinski definition) is 2. The normalized spacial score (nSPS) is 10.6. The number of hydrogen-bond acceptors (Lipinski definition) is 2. The van der Waals surface area contributed by atoms with Crippen LogP contribution in [0.3, 0.4) is 0 Å². The van der Waals surface area contributed by atoms with Gasteiger partial charge in [-0.15, -0.1) is 0 Å². The number of unbranched alkanes of at least 4 members (excludes halogenated alkanes) is 1. The SMILES string of the molecule is CCCCNCC(=O)NC(CC)CC. The molecule has 3 heteroatoms. The molecule has 84 valence electrons. The van der Waals surface area contributed by atoms with Crippen LogP contribution in [0.2, 0.25) is 0 Å². The second kappa shape index (κ2) is 9.00. The van der Waals surface area contributed by atoms with Crippen LogP contribution in [-0.2, 0) is 4.79 Å². The van der Waals surface area contributed by atoms with Crippen LogP contribution in [0.25, 0.3) is 0 Å². The Kier molecular flexibility index (Phi) is 8.64. The minimum atomic E-state index is 0.120. The first-order chi connectivity index (χ1) is 6.74. The molecule has 0 spiro atoms. The molecule has 0 aliphatic carbocycles. The third kappa shape index (κ3) is 6.89. The van der Waals surface area contributed by atoms with Gasteiger partial charge in [-0.25, -0.2) is 0 Å². The molecule has 3 nitrogen and oxygen atoms in total. The first-order valence-corrected chi connectivity index (χ1v) is 5.74. The van der Waals surface area contributed by atoms with Crippen molar-refractivity contribution in [3.8, 4) is 0 Å². The second-order valence-electron chi connectivity index (χ2n) is 3.61. The van der Waals surface area contributed by atoms with Crippen molar-refractivity contribution in [2.45, 2.75) is 52.5 Å². The van der Waals surface area contributed by atoms with Gasteiger partial charge in [0.15, 0.2) is 0 Å². The van der Waals surface area contributed by atoms with Gasteiger partial charge < -0.3 is 10.6 Å². The van der Waals surface area contributed by atoms with Gasteiger partial charge in [0, 0.05) is 6.04 Å². The minimum absolute atomic E-state index is 0.120. The zero-order valence-corrected chi connectivity index (χ0v) is 9.73. The summed E-state index contributed by atoms with van der Waals surface area (Å²) >= 11 is 0. The lowest BCUT2D eigenvalue weighted by Crippen LogP contribution is -2.40. The van der Waals surface area contributed by atoms with Crippen LogP contribution in [0.4, 0.5) is 0 Å². The smallest absolute Gasteiger partial charge is 0.234 e. The Morgan fingerprint density at radius 1 is 1.21 bits per heavy atom. The van der Waals surface area contributed by atoms with Gasteiger partial charge >= 0.3 is 0 Å². The standard InChI is InChI=1S/C11H24N2O/c1-4-7-8-12-9-11(14)13-10(5-2)6-3/h10,12H,4-9H2,1-3H3,(H,13,14). The van der Waals surface area contributed by atoms with Crippen molar-refractivity contribution in [2.24, 2.45) is 0 Å². The average Bonchev–Trinajstić information content (AvgIpc) is 2.21. The summed E-state index contributed by atoms with van der Waals surface area (Å²) < 4.78 is 0. The maximum atomic E-state index is 11.4. The maximum absolute atomic E-state index is 11.4. The third-order valence-corrected chi connectivity index (χ3v) is 2.34. The predicted molar refractivity (Wildman–Crippen MR) is 60.3 cm³/mol. The Labute approximate surface area is 87.6 Å². The lowest BCUT2D eigenvalue weighted by atomic mass is 10.2. The second-order valence-corrected chi connectivity index (χ2v) is 3.61. The van der Waals surface area contributed by atoms with Gasteiger partial charge in [-0.3, -0.25) is 4.79 Å². The molecule has 0 rings (SSSR count). The summed E-state index contributed by atoms with van der Waals surface area (Å²) in [5.41, 5.74) is 0. The molecule has 0 aromatic rings. The Balaban J connectivity index is 3.44. The van der Waals surface area contributed by atoms with Gasteiger partial charge in [0.1, 0.15) is 0 Å². The number of carbonyl (C=O) groups is 1. The van der Waals surface area contributed by atoms with E-state index in [1.165, 1.54) is 6.42 Å². The van der Waals surface area contributed by atoms with E-state index in [2.05, 4.69) is 31.4 Å². The van der Waals surface area contributed by atoms with E-state index in [0.717, 1.165) is 25.8 Å². The molecule has 0 atom stereocenters. The molecule has 2 N–H and O–H groups in total. The lowest BCUT2D eigenvalue weighted by molar-refractivity contribution is -0.121. The number of nitrogens with one attached hydrogen (secondary N) is 2. The molecule has 0 aromatic carbocycles. The van der Waals surface area contributed by atoms with E-state index < -0.39 is 0 Å². The van der Waals surface area contributed by atoms with E-state index in [9.17, 15) is 4.79 Å². The Morgan fingerprint density at radius 3 is 2.36 bits per heavy atom. The highest BCUT2D eigenvalue weighted by Crippen LogP contribution is 1.94. The van der Waals surface area contributed by atoms with Gasteiger partial charge in [-0.05, 0) is 25.8 Å². The van der Waals surface area contributed by atoms with Gasteiger partial charge in [0.05, 0.1) is 6.54 Å². The van der Waals surface area contributed by atoms with E-state index in [1.807, 2.05) is 0 Å². The molecular formula is C11H24N2O. The topological polar surface area (TPSA) is 41.1 Å². The van der Waals surface area contributed by atoms with Crippen molar-refractivity contribution >= 4 is 5.91 Å². The summed E-state index contributed by atoms with van der Waals surface area (Å²) in [4.78, 5) is 11.4. The zero-order chi connectivity index (χ0) is 10.8. The average molecular weight is 200 g/mol. The quantitative estimate of drug-likeness (QED) is 0.585. The van der Waals surface area contributed by atoms with Crippen molar-refractivity contribution in [1.29, 1.82) is 0 Å². The minimum Gasteiger partial charge on any atom is -0.352 e. The predicted octanol–water partition coefficient (Wildman–Crippen LogP) is 1.68. The largest absolute Gasteiger partial charge is 0.352 e. The van der Waals surface area contributed by atoms with E-state index >= 15 is 0 Å². The highest BCUT2D eigenvalue weighted by molar-refractivity contribution is 5.78. The van der Waals surface area contributed by atoms with Gasteiger partial charge in [0.2, 0.25) is 5.91 Å². The van der Waals surface area contributed by atoms with Crippen LogP contribution in [0.15, 0.2) is 0 Å². The van der Waals surface area contributed by atoms with Gasteiger partial charge in [0.25, 0.3) is 0 Å². The molecule has 0 aromatic heterocycles. The summed E-state index contributed by atoms with van der Waals surface area (Å²) in [6, 6.07) is 0.343. The molecule has 0 unspecified atom stereocenters. The summed E-state index contributed by atoms with van der Waals surface area (Å²) in [5, 5.41) is 6.12. The third-order valence-electron chi connectivity index (χ3n) is 2.34. The highest BCUT2D eigenvalue weighted by atomic mass is 16.1. The fourth-order valence-electron chi connectivity index (χ4n) is 1.28. The fraction of sp³-hybridized carbons (Fsp3) is 0.909. The molecule has 0 radical (unpaired) electrons. The molecule has 0 fully saturated rings. The summed E-state index contributed by atoms with van der Waals surface area (Å²) in [7, 11) is 0. The molecule has 0 aliphatic heterocycles. The Bertz CT molecular complexity index is 144. The molecule has 0 saturated carbocycles. The summed E-state index contributed by atoms with van der Waals surface area (Å²) in [5.74, 6) is 0.120. The number of rotatable bonds is 8. The van der Waals surface area contributed by atoms with Crippen molar-refractivity contribution in [3.63, 3.8) is 0 Å². The van der Waals surface area contributed by atoms with Crippen LogP contribution in [0.1, 0.15) is 46.5 Å². The van der Waals surface area contributed by atoms with Crippen molar-refractivity contribution in [2.75, 3.05) is 13.1 Å². The number of carbonyl (C=O) groups excluding carboxylic acids is 1. The van der Waals surface area contributed by atoms with Crippen molar-refractivity contribution < 1.29 is 4.79 Å². The van der Waals surface area contributed by atoms with Crippen LogP contribution >= 0.6 is 0 Å². The lowest BCUT2D eigenvalue weighted by Gasteiger charge is -2.14. The van der Waals surface area contributed by atoms with Crippen LogP contribution in [0, 0.1) is 0 Å². The summed E-state index contributed by atoms with van der Waals surface area (Å²) in [6.45, 7) is 7.73. The fourth-order valence-corrected chi connectivity index (χ4v) is 1.28. The Morgan fingerprint density at radius 2 is 1.86 bits per heavy atom. The maximum Gasteiger partial charge on any atom is 0.234 e. The van der Waals surface area contributed by atoms with Crippen LogP contribution in [0.5, 0.6) is 0 Å². The van der Waals surface area contributed by atoms with E-state index in [-0.39, 0.29) is 5.91 Å². The molecule has 1 amide bonds. The van der Waals surface area contributed by atoms with Gasteiger partial charge in [-0.1, -0.05) is 27.2 Å². The van der Waals surface area contributed by atoms with E-state index in [4.69, 9.17) is 0 Å². The first-order valence-electron chi connectivity index (χ1n) is 5.74. The molecule has 14 heavy (non-hydrogen) atoms. The van der Waals surface area contributed by atoms with Crippen molar-refractivity contribution in [3.05, 3.63) is 0 Å². The number of amides is 1. The molecular weight excluding hydrogens is 176 g/mol. The molecule has 0 saturated heterocycles. The molecule has 0 heterocycles. The van der Waals surface area contributed by atoms with E-state index in [1.54, 1.807) is 0 Å². The highest BCUT2D eigenvalue weighted by Gasteiger charge is 2.06. The van der Waals surface area contributed by atoms with Crippen LogP contribution < -0.4 is 10.6 Å². The monoisotopic (exact) mass is 200 g/mol. The van der Waals surface area contributed by atoms with Crippen molar-refractivity contribution in [1.82, 2.24) is 10.6 Å². The summed E-state index contributed by atoms with van der Waals surface area (Å²) in [6.07, 6.45) is 4.33. The molecule has 0 aliphatic rings. The first kappa shape index (κ1) is 13.4. The molecule has 0 bridgehead atoms.